The molecule has 1 spiro atoms. The SMILES string of the molecule is CC=C1c2c(cc(OCC)c(OCC)c2F)C2(CC2)N1CC(=O)c1cc(C(=O)N(CCO)CCOC)cc(C(C)(C)C)c1. The van der Waals surface area contributed by atoms with Crippen molar-refractivity contribution in [3.8, 4) is 11.5 Å². The quantitative estimate of drug-likeness (QED) is 0.304. The molecule has 43 heavy (non-hydrogen) atoms. The molecule has 4 rings (SSSR count). The van der Waals surface area contributed by atoms with Gasteiger partial charge in [0.25, 0.3) is 5.91 Å². The van der Waals surface area contributed by atoms with Gasteiger partial charge in [0.1, 0.15) is 0 Å². The van der Waals surface area contributed by atoms with Crippen LogP contribution in [0.15, 0.2) is 30.3 Å². The first-order valence-corrected chi connectivity index (χ1v) is 15.1. The second kappa shape index (κ2) is 13.1. The maximum atomic E-state index is 16.1. The third-order valence-electron chi connectivity index (χ3n) is 8.23. The van der Waals surface area contributed by atoms with E-state index in [2.05, 4.69) is 0 Å². The summed E-state index contributed by atoms with van der Waals surface area (Å²) in [5.74, 6) is -0.452. The highest BCUT2D eigenvalue weighted by Gasteiger charge is 2.58. The Morgan fingerprint density at radius 1 is 1.07 bits per heavy atom. The van der Waals surface area contributed by atoms with E-state index in [-0.39, 0.29) is 42.6 Å². The van der Waals surface area contributed by atoms with Crippen LogP contribution in [0, 0.1) is 5.82 Å². The lowest BCUT2D eigenvalue weighted by Gasteiger charge is -2.28. The molecule has 0 aromatic heterocycles. The molecule has 0 unspecified atom stereocenters. The summed E-state index contributed by atoms with van der Waals surface area (Å²) in [7, 11) is 1.56. The smallest absolute Gasteiger partial charge is 0.254 e. The van der Waals surface area contributed by atoms with Crippen LogP contribution < -0.4 is 9.47 Å². The van der Waals surface area contributed by atoms with Crippen molar-refractivity contribution in [2.45, 2.75) is 65.3 Å². The van der Waals surface area contributed by atoms with Gasteiger partial charge in [0.2, 0.25) is 0 Å². The number of Topliss-reactive ketones (excluding diaryl/α,β-unsaturated/α-hetero) is 1. The number of amides is 1. The Hall–Kier alpha value is -3.43. The molecule has 1 aliphatic heterocycles. The molecule has 2 aromatic rings. The first-order chi connectivity index (χ1) is 20.5. The fraction of sp³-hybridized carbons (Fsp3) is 0.529. The number of carbonyl (C=O) groups excluding carboxylic acids is 2. The molecule has 1 amide bonds. The number of nitrogens with zero attached hydrogens (tertiary/aromatic N) is 2. The van der Waals surface area contributed by atoms with E-state index < -0.39 is 11.4 Å². The van der Waals surface area contributed by atoms with Crippen molar-refractivity contribution >= 4 is 17.4 Å². The number of hydrogen-bond acceptors (Lipinski definition) is 7. The van der Waals surface area contributed by atoms with E-state index in [1.54, 1.807) is 20.1 Å². The summed E-state index contributed by atoms with van der Waals surface area (Å²) >= 11 is 0. The molecule has 1 heterocycles. The number of carbonyl (C=O) groups is 2. The van der Waals surface area contributed by atoms with Gasteiger partial charge in [-0.15, -0.1) is 0 Å². The first-order valence-electron chi connectivity index (χ1n) is 15.1. The number of halogens is 1. The van der Waals surface area contributed by atoms with Crippen LogP contribution >= 0.6 is 0 Å². The predicted molar refractivity (Wildman–Crippen MR) is 164 cm³/mol. The molecule has 1 aliphatic carbocycles. The van der Waals surface area contributed by atoms with Gasteiger partial charge >= 0.3 is 0 Å². The van der Waals surface area contributed by atoms with Crippen LogP contribution in [0.5, 0.6) is 11.5 Å². The van der Waals surface area contributed by atoms with Crippen molar-refractivity contribution in [3.63, 3.8) is 0 Å². The van der Waals surface area contributed by atoms with Gasteiger partial charge in [-0.1, -0.05) is 26.8 Å². The minimum absolute atomic E-state index is 0.0208. The molecule has 0 radical (unpaired) electrons. The van der Waals surface area contributed by atoms with E-state index in [1.807, 2.05) is 63.8 Å². The van der Waals surface area contributed by atoms with Gasteiger partial charge in [-0.25, -0.2) is 4.39 Å². The number of aliphatic hydroxyl groups excluding tert-OH is 1. The van der Waals surface area contributed by atoms with E-state index in [4.69, 9.17) is 14.2 Å². The second-order valence-electron chi connectivity index (χ2n) is 12.1. The van der Waals surface area contributed by atoms with E-state index in [9.17, 15) is 14.7 Å². The second-order valence-corrected chi connectivity index (χ2v) is 12.1. The van der Waals surface area contributed by atoms with Crippen LogP contribution in [-0.4, -0.2) is 79.8 Å². The number of aliphatic hydroxyl groups is 1. The lowest BCUT2D eigenvalue weighted by Crippen LogP contribution is -2.36. The Morgan fingerprint density at radius 3 is 2.30 bits per heavy atom. The molecule has 0 atom stereocenters. The van der Waals surface area contributed by atoms with E-state index in [1.165, 1.54) is 4.90 Å². The highest BCUT2D eigenvalue weighted by molar-refractivity contribution is 6.02. The summed E-state index contributed by atoms with van der Waals surface area (Å²) in [6.45, 7) is 12.9. The summed E-state index contributed by atoms with van der Waals surface area (Å²) in [5.41, 5.74) is 2.74. The van der Waals surface area contributed by atoms with Crippen LogP contribution in [0.1, 0.15) is 91.8 Å². The Kier molecular flexibility index (Phi) is 9.86. The Morgan fingerprint density at radius 2 is 1.74 bits per heavy atom. The van der Waals surface area contributed by atoms with E-state index in [0.717, 1.165) is 24.0 Å². The van der Waals surface area contributed by atoms with E-state index >= 15 is 4.39 Å². The number of allylic oxidation sites excluding steroid dienone is 1. The summed E-state index contributed by atoms with van der Waals surface area (Å²) < 4.78 is 32.7. The summed E-state index contributed by atoms with van der Waals surface area (Å²) in [4.78, 5) is 31.2. The third-order valence-corrected chi connectivity index (χ3v) is 8.23. The molecular weight excluding hydrogens is 551 g/mol. The van der Waals surface area contributed by atoms with Gasteiger partial charge in [0.15, 0.2) is 23.1 Å². The molecule has 1 fully saturated rings. The standard InChI is InChI=1S/C34H45FN2O6/c1-8-26-29-25(20-28(42-9-2)31(30(29)35)43-10-3)34(11-12-34)37(26)21-27(39)22-17-23(19-24(18-22)33(4,5)6)32(40)36(13-15-38)14-16-41-7/h8,17-20,38H,9-16,21H2,1-7H3. The number of methoxy groups -OCH3 is 1. The van der Waals surface area contributed by atoms with Crippen molar-refractivity contribution in [1.29, 1.82) is 0 Å². The Labute approximate surface area is 254 Å². The average molecular weight is 597 g/mol. The molecule has 1 N–H and O–H groups in total. The zero-order valence-electron chi connectivity index (χ0n) is 26.5. The number of fused-ring (bicyclic) bond motifs is 2. The van der Waals surface area contributed by atoms with Gasteiger partial charge in [-0.2, -0.15) is 0 Å². The van der Waals surface area contributed by atoms with E-state index in [0.29, 0.717) is 54.5 Å². The highest BCUT2D eigenvalue weighted by Crippen LogP contribution is 2.62. The van der Waals surface area contributed by atoms with Crippen LogP contribution in [0.25, 0.3) is 5.70 Å². The lowest BCUT2D eigenvalue weighted by molar-refractivity contribution is 0.0656. The maximum Gasteiger partial charge on any atom is 0.254 e. The fourth-order valence-corrected chi connectivity index (χ4v) is 5.87. The van der Waals surface area contributed by atoms with Crippen molar-refractivity contribution < 1.29 is 33.3 Å². The molecule has 8 nitrogen and oxygen atoms in total. The zero-order valence-corrected chi connectivity index (χ0v) is 26.5. The molecule has 1 saturated carbocycles. The van der Waals surface area contributed by atoms with Crippen molar-refractivity contribution in [2.24, 2.45) is 0 Å². The van der Waals surface area contributed by atoms with Gasteiger partial charge in [0.05, 0.1) is 38.5 Å². The van der Waals surface area contributed by atoms with Gasteiger partial charge in [0, 0.05) is 42.6 Å². The Bertz CT molecular complexity index is 1390. The Balaban J connectivity index is 1.73. The fourth-order valence-electron chi connectivity index (χ4n) is 5.87. The number of rotatable bonds is 13. The van der Waals surface area contributed by atoms with Crippen LogP contribution in [0.3, 0.4) is 0 Å². The van der Waals surface area contributed by atoms with Gasteiger partial charge in [-0.3, -0.25) is 9.59 Å². The van der Waals surface area contributed by atoms with Gasteiger partial charge < -0.3 is 29.1 Å². The summed E-state index contributed by atoms with van der Waals surface area (Å²) in [6.07, 6.45) is 3.41. The zero-order chi connectivity index (χ0) is 31.5. The predicted octanol–water partition coefficient (Wildman–Crippen LogP) is 5.55. The number of ketones is 1. The molecule has 0 bridgehead atoms. The van der Waals surface area contributed by atoms with Crippen molar-refractivity contribution in [3.05, 3.63) is 64.0 Å². The van der Waals surface area contributed by atoms with Crippen LogP contribution in [0.2, 0.25) is 0 Å². The monoisotopic (exact) mass is 596 g/mol. The molecular formula is C34H45FN2O6. The van der Waals surface area contributed by atoms with Crippen molar-refractivity contribution in [2.75, 3.05) is 53.2 Å². The van der Waals surface area contributed by atoms with Crippen LogP contribution in [-0.2, 0) is 15.7 Å². The first kappa shape index (κ1) is 32.5. The highest BCUT2D eigenvalue weighted by atomic mass is 19.1. The third kappa shape index (κ3) is 6.29. The molecule has 9 heteroatoms. The number of hydrogen-bond donors (Lipinski definition) is 1. The average Bonchev–Trinajstić information content (AvgIpc) is 3.73. The molecule has 0 saturated heterocycles. The topological polar surface area (TPSA) is 88.5 Å². The maximum absolute atomic E-state index is 16.1. The molecule has 2 aliphatic rings. The minimum atomic E-state index is -0.497. The largest absolute Gasteiger partial charge is 0.490 e. The molecule has 234 valence electrons. The summed E-state index contributed by atoms with van der Waals surface area (Å²) in [6, 6.07) is 7.18. The van der Waals surface area contributed by atoms with Crippen LogP contribution in [0.4, 0.5) is 4.39 Å². The number of ether oxygens (including phenoxy) is 3. The summed E-state index contributed by atoms with van der Waals surface area (Å²) in [5, 5.41) is 9.57. The minimum Gasteiger partial charge on any atom is -0.490 e. The normalized spacial score (nSPS) is 16.0. The van der Waals surface area contributed by atoms with Crippen molar-refractivity contribution in [1.82, 2.24) is 9.80 Å². The lowest BCUT2D eigenvalue weighted by atomic mass is 9.84. The molecule has 2 aromatic carbocycles. The number of benzene rings is 2. The van der Waals surface area contributed by atoms with Gasteiger partial charge in [-0.05, 0) is 74.4 Å².